The Morgan fingerprint density at radius 3 is 1.40 bits per heavy atom. The minimum Gasteiger partial charge on any atom is -1.00 e. The second kappa shape index (κ2) is 13.8. The van der Waals surface area contributed by atoms with Crippen LogP contribution in [0.15, 0.2) is 91.0 Å². The van der Waals surface area contributed by atoms with E-state index in [1.807, 2.05) is 91.0 Å². The van der Waals surface area contributed by atoms with Gasteiger partial charge in [0.2, 0.25) is 7.41 Å². The molecule has 35 heavy (non-hydrogen) atoms. The van der Waals surface area contributed by atoms with Crippen LogP contribution in [0.4, 0.5) is 4.79 Å². The van der Waals surface area contributed by atoms with Crippen molar-refractivity contribution in [1.29, 1.82) is 0 Å². The number of rotatable bonds is 11. The summed E-state index contributed by atoms with van der Waals surface area (Å²) < 4.78 is 32.2. The van der Waals surface area contributed by atoms with E-state index in [0.717, 1.165) is 15.9 Å². The molecular formula is C26H32ClNO5P2. The van der Waals surface area contributed by atoms with Crippen molar-refractivity contribution in [1.82, 2.24) is 4.67 Å². The molecule has 0 aromatic heterocycles. The number of hydrogen-bond acceptors (Lipinski definition) is 5. The fourth-order valence-corrected chi connectivity index (χ4v) is 10.5. The highest BCUT2D eigenvalue weighted by molar-refractivity contribution is 7.94. The van der Waals surface area contributed by atoms with Crippen molar-refractivity contribution < 1.29 is 35.6 Å². The lowest BCUT2D eigenvalue weighted by atomic mass is 10.4. The summed E-state index contributed by atoms with van der Waals surface area (Å²) in [5.74, 6) is 0. The van der Waals surface area contributed by atoms with Crippen LogP contribution >= 0.6 is 15.0 Å². The summed E-state index contributed by atoms with van der Waals surface area (Å²) in [4.78, 5) is 13.7. The normalized spacial score (nSPS) is 11.4. The third kappa shape index (κ3) is 6.52. The summed E-state index contributed by atoms with van der Waals surface area (Å²) in [6, 6.07) is 29.5. The molecule has 0 atom stereocenters. The van der Waals surface area contributed by atoms with E-state index in [1.165, 1.54) is 0 Å². The lowest BCUT2D eigenvalue weighted by molar-refractivity contribution is -0.0000175. The third-order valence-corrected chi connectivity index (χ3v) is 11.5. The van der Waals surface area contributed by atoms with Crippen LogP contribution in [-0.2, 0) is 18.3 Å². The summed E-state index contributed by atoms with van der Waals surface area (Å²) in [5, 5.41) is 2.79. The molecule has 1 amide bonds. The van der Waals surface area contributed by atoms with Crippen molar-refractivity contribution in [2.75, 3.05) is 26.1 Å². The molecule has 188 valence electrons. The molecule has 3 rings (SSSR count). The van der Waals surface area contributed by atoms with Gasteiger partial charge in [0.25, 0.3) is 0 Å². The van der Waals surface area contributed by atoms with Crippen molar-refractivity contribution in [2.24, 2.45) is 0 Å². The lowest BCUT2D eigenvalue weighted by Gasteiger charge is -2.36. The molecule has 0 saturated carbocycles. The molecule has 0 spiro atoms. The first-order chi connectivity index (χ1) is 16.5. The van der Waals surface area contributed by atoms with Crippen LogP contribution in [0.1, 0.15) is 20.8 Å². The van der Waals surface area contributed by atoms with E-state index in [0.29, 0.717) is 0 Å². The molecule has 0 aliphatic heterocycles. The summed E-state index contributed by atoms with van der Waals surface area (Å²) in [5.41, 5.74) is 0. The zero-order chi connectivity index (χ0) is 24.4. The molecule has 0 unspecified atom stereocenters. The molecule has 0 fully saturated rings. The van der Waals surface area contributed by atoms with Gasteiger partial charge in [0.05, 0.1) is 19.8 Å². The predicted octanol–water partition coefficient (Wildman–Crippen LogP) is 2.58. The highest BCUT2D eigenvalue weighted by atomic mass is 35.5. The largest absolute Gasteiger partial charge is 1.00 e. The maximum Gasteiger partial charge on any atom is 0.443 e. The van der Waals surface area contributed by atoms with E-state index in [-0.39, 0.29) is 38.5 Å². The van der Waals surface area contributed by atoms with E-state index < -0.39 is 21.1 Å². The Kier molecular flexibility index (Phi) is 11.4. The first-order valence-corrected chi connectivity index (χ1v) is 14.9. The molecule has 0 bridgehead atoms. The van der Waals surface area contributed by atoms with Gasteiger partial charge in [-0.05, 0) is 57.2 Å². The number of amides is 1. The van der Waals surface area contributed by atoms with Crippen molar-refractivity contribution in [3.05, 3.63) is 91.0 Å². The number of hydrogen-bond donors (Lipinski definition) is 0. The lowest BCUT2D eigenvalue weighted by Crippen LogP contribution is -3.00. The molecular weight excluding hydrogens is 504 g/mol. The fourth-order valence-electron chi connectivity index (χ4n) is 3.95. The summed E-state index contributed by atoms with van der Waals surface area (Å²) in [6.45, 7) is 5.85. The summed E-state index contributed by atoms with van der Waals surface area (Å²) in [6.07, 6.45) is -0.799. The van der Waals surface area contributed by atoms with E-state index in [9.17, 15) is 9.36 Å². The molecule has 0 saturated heterocycles. The van der Waals surface area contributed by atoms with Gasteiger partial charge in [0, 0.05) is 0 Å². The number of carbonyl (C=O) groups excluding carboxylic acids is 1. The Hall–Kier alpha value is -2.20. The van der Waals surface area contributed by atoms with Crippen LogP contribution < -0.4 is 28.3 Å². The third-order valence-electron chi connectivity index (χ3n) is 5.19. The maximum absolute atomic E-state index is 13.8. The predicted molar refractivity (Wildman–Crippen MR) is 140 cm³/mol. The van der Waals surface area contributed by atoms with E-state index in [1.54, 1.807) is 25.4 Å². The van der Waals surface area contributed by atoms with Gasteiger partial charge in [-0.25, -0.2) is 4.79 Å². The van der Waals surface area contributed by atoms with E-state index in [4.69, 9.17) is 13.8 Å². The SMILES string of the molecule is CCOC(=O)N(CP(=O)(OCC)OCC)[P+](c1ccccc1)(c1ccccc1)c1ccccc1.[Cl-]. The molecule has 6 nitrogen and oxygen atoms in total. The highest BCUT2D eigenvalue weighted by Gasteiger charge is 2.57. The Labute approximate surface area is 214 Å². The van der Waals surface area contributed by atoms with Gasteiger partial charge in [-0.2, -0.15) is 4.67 Å². The van der Waals surface area contributed by atoms with Gasteiger partial charge in [0.15, 0.2) is 6.29 Å². The van der Waals surface area contributed by atoms with Gasteiger partial charge in [-0.15, -0.1) is 0 Å². The second-order valence-corrected chi connectivity index (χ2v) is 12.7. The first kappa shape index (κ1) is 29.0. The van der Waals surface area contributed by atoms with Crippen molar-refractivity contribution in [3.8, 4) is 0 Å². The zero-order valence-corrected chi connectivity index (χ0v) is 22.8. The van der Waals surface area contributed by atoms with Crippen LogP contribution in [0, 0.1) is 0 Å². The first-order valence-electron chi connectivity index (χ1n) is 11.4. The monoisotopic (exact) mass is 535 g/mol. The van der Waals surface area contributed by atoms with Crippen LogP contribution in [0.3, 0.4) is 0 Å². The molecule has 0 aliphatic carbocycles. The smallest absolute Gasteiger partial charge is 0.443 e. The number of ether oxygens (including phenoxy) is 1. The number of nitrogens with zero attached hydrogens (tertiary/aromatic N) is 1. The molecule has 0 N–H and O–H groups in total. The number of carbonyl (C=O) groups is 1. The number of benzene rings is 3. The average Bonchev–Trinajstić information content (AvgIpc) is 2.86. The molecule has 0 aliphatic rings. The molecule has 0 radical (unpaired) electrons. The molecule has 0 heterocycles. The Balaban J connectivity index is 0.00000432. The highest BCUT2D eigenvalue weighted by Crippen LogP contribution is 2.63. The van der Waals surface area contributed by atoms with Crippen molar-refractivity contribution in [2.45, 2.75) is 20.8 Å². The van der Waals surface area contributed by atoms with Crippen LogP contribution in [0.5, 0.6) is 0 Å². The van der Waals surface area contributed by atoms with Crippen molar-refractivity contribution >= 4 is 37.0 Å². The zero-order valence-electron chi connectivity index (χ0n) is 20.2. The average molecular weight is 536 g/mol. The Morgan fingerprint density at radius 2 is 1.09 bits per heavy atom. The molecule has 3 aromatic rings. The number of halogens is 1. The van der Waals surface area contributed by atoms with E-state index in [2.05, 4.69) is 0 Å². The van der Waals surface area contributed by atoms with Crippen LogP contribution in [0.25, 0.3) is 0 Å². The summed E-state index contributed by atoms with van der Waals surface area (Å²) >= 11 is 0. The van der Waals surface area contributed by atoms with Crippen LogP contribution in [-0.4, -0.2) is 36.9 Å². The van der Waals surface area contributed by atoms with Gasteiger partial charge in [-0.3, -0.25) is 4.57 Å². The van der Waals surface area contributed by atoms with Gasteiger partial charge in [0.1, 0.15) is 15.9 Å². The van der Waals surface area contributed by atoms with Crippen molar-refractivity contribution in [3.63, 3.8) is 0 Å². The summed E-state index contributed by atoms with van der Waals surface area (Å²) in [7, 11) is -6.52. The van der Waals surface area contributed by atoms with Crippen LogP contribution in [0.2, 0.25) is 0 Å². The Morgan fingerprint density at radius 1 is 0.714 bits per heavy atom. The molecule has 9 heteroatoms. The quantitative estimate of drug-likeness (QED) is 0.353. The van der Waals surface area contributed by atoms with E-state index >= 15 is 0 Å². The van der Waals surface area contributed by atoms with Gasteiger partial charge in [-0.1, -0.05) is 54.6 Å². The maximum atomic E-state index is 13.8. The van der Waals surface area contributed by atoms with Gasteiger partial charge < -0.3 is 26.2 Å². The molecule has 3 aromatic carbocycles. The van der Waals surface area contributed by atoms with Gasteiger partial charge >= 0.3 is 13.7 Å². The standard InChI is InChI=1S/C26H32NO5P2.ClH/c1-4-30-26(28)27(22-33(29,31-5-2)32-6-3)34(23-16-10-7-11-17-23,24-18-12-8-13-19-24)25-20-14-9-15-21-25;/h7-21H,4-6,22H2,1-3H3;1H/q+1;/p-1. The fraction of sp³-hybridized carbons (Fsp3) is 0.269. The topological polar surface area (TPSA) is 65.1 Å². The second-order valence-electron chi connectivity index (χ2n) is 7.33. The Bertz CT molecular complexity index is 980. The minimum absolute atomic E-state index is 0. The minimum atomic E-state index is -3.66.